The van der Waals surface area contributed by atoms with E-state index in [-0.39, 0.29) is 0 Å². The summed E-state index contributed by atoms with van der Waals surface area (Å²) in [6.07, 6.45) is 4.63. The minimum Gasteiger partial charge on any atom is -0.126 e. The van der Waals surface area contributed by atoms with Gasteiger partial charge in [-0.15, -0.1) is 11.6 Å². The topological polar surface area (TPSA) is 0 Å². The van der Waals surface area contributed by atoms with Gasteiger partial charge < -0.3 is 0 Å². The van der Waals surface area contributed by atoms with Crippen molar-refractivity contribution in [3.63, 3.8) is 0 Å². The molecule has 0 atom stereocenters. The van der Waals surface area contributed by atoms with Crippen LogP contribution in [0.15, 0.2) is 18.2 Å². The van der Waals surface area contributed by atoms with Crippen LogP contribution >= 0.6 is 46.4 Å². The summed E-state index contributed by atoms with van der Waals surface area (Å²) in [6.45, 7) is 0. The lowest BCUT2D eigenvalue weighted by atomic mass is 10.2. The number of halogens is 4. The van der Waals surface area contributed by atoms with Crippen LogP contribution in [0.2, 0.25) is 15.1 Å². The van der Waals surface area contributed by atoms with Crippen LogP contribution in [-0.2, 0) is 0 Å². The Labute approximate surface area is 103 Å². The molecule has 1 aromatic carbocycles. The summed E-state index contributed by atoms with van der Waals surface area (Å²) < 4.78 is 0. The highest BCUT2D eigenvalue weighted by Gasteiger charge is 2.02. The molecule has 0 radical (unpaired) electrons. The van der Waals surface area contributed by atoms with E-state index in [1.54, 1.807) is 12.1 Å². The second-order valence-electron chi connectivity index (χ2n) is 2.67. The monoisotopic (exact) mass is 268 g/mol. The van der Waals surface area contributed by atoms with Crippen LogP contribution in [0.5, 0.6) is 0 Å². The third-order valence-electron chi connectivity index (χ3n) is 1.61. The van der Waals surface area contributed by atoms with Crippen LogP contribution in [0, 0.1) is 0 Å². The van der Waals surface area contributed by atoms with E-state index in [2.05, 4.69) is 0 Å². The van der Waals surface area contributed by atoms with E-state index in [0.29, 0.717) is 20.9 Å². The minimum atomic E-state index is 0.464. The van der Waals surface area contributed by atoms with Crippen LogP contribution in [-0.4, -0.2) is 5.88 Å². The van der Waals surface area contributed by atoms with E-state index in [0.717, 1.165) is 12.0 Å². The first-order valence-electron chi connectivity index (χ1n) is 4.02. The van der Waals surface area contributed by atoms with Crippen molar-refractivity contribution in [2.24, 2.45) is 0 Å². The summed E-state index contributed by atoms with van der Waals surface area (Å²) in [5, 5.41) is 1.55. The Balaban J connectivity index is 2.92. The normalized spacial score (nSPS) is 11.1. The summed E-state index contributed by atoms with van der Waals surface area (Å²) >= 11 is 23.1. The fourth-order valence-electron chi connectivity index (χ4n) is 0.939. The first kappa shape index (κ1) is 12.2. The fraction of sp³-hybridized carbons (Fsp3) is 0.200. The maximum atomic E-state index is 5.95. The van der Waals surface area contributed by atoms with Crippen molar-refractivity contribution in [1.82, 2.24) is 0 Å². The molecule has 0 unspecified atom stereocenters. The molecule has 1 aromatic rings. The average molecular weight is 270 g/mol. The molecular formula is C10H8Cl4. The smallest absolute Gasteiger partial charge is 0.0607 e. The molecule has 0 heterocycles. The molecule has 0 aromatic heterocycles. The van der Waals surface area contributed by atoms with Crippen molar-refractivity contribution < 1.29 is 0 Å². The van der Waals surface area contributed by atoms with Gasteiger partial charge in [-0.1, -0.05) is 47.0 Å². The number of allylic oxidation sites excluding steroid dienone is 1. The van der Waals surface area contributed by atoms with E-state index in [1.165, 1.54) is 0 Å². The van der Waals surface area contributed by atoms with Gasteiger partial charge in [-0.25, -0.2) is 0 Å². The standard InChI is InChI=1S/C10H8Cl4/c11-4-2-1-3-7-5-9(13)10(14)6-8(7)12/h1,3,5-6H,2,4H2. The van der Waals surface area contributed by atoms with Crippen LogP contribution in [0.1, 0.15) is 12.0 Å². The minimum absolute atomic E-state index is 0.464. The first-order valence-corrected chi connectivity index (χ1v) is 5.69. The second-order valence-corrected chi connectivity index (χ2v) is 4.27. The third-order valence-corrected chi connectivity index (χ3v) is 2.88. The average Bonchev–Trinajstić information content (AvgIpc) is 2.14. The van der Waals surface area contributed by atoms with E-state index in [9.17, 15) is 0 Å². The quantitative estimate of drug-likeness (QED) is 0.517. The highest BCUT2D eigenvalue weighted by atomic mass is 35.5. The van der Waals surface area contributed by atoms with Gasteiger partial charge >= 0.3 is 0 Å². The third kappa shape index (κ3) is 3.36. The number of hydrogen-bond acceptors (Lipinski definition) is 0. The zero-order valence-electron chi connectivity index (χ0n) is 7.24. The lowest BCUT2D eigenvalue weighted by Crippen LogP contribution is -1.78. The Hall–Kier alpha value is 0.120. The van der Waals surface area contributed by atoms with E-state index >= 15 is 0 Å². The summed E-state index contributed by atoms with van der Waals surface area (Å²) in [5.74, 6) is 0.593. The molecule has 0 aliphatic heterocycles. The van der Waals surface area contributed by atoms with Gasteiger partial charge in [0.25, 0.3) is 0 Å². The number of alkyl halides is 1. The Morgan fingerprint density at radius 3 is 2.29 bits per heavy atom. The van der Waals surface area contributed by atoms with Crippen LogP contribution in [0.4, 0.5) is 0 Å². The van der Waals surface area contributed by atoms with Gasteiger partial charge in [0.15, 0.2) is 0 Å². The molecule has 0 spiro atoms. The first-order chi connectivity index (χ1) is 6.65. The molecule has 0 bridgehead atoms. The van der Waals surface area contributed by atoms with E-state index in [4.69, 9.17) is 46.4 Å². The lowest BCUT2D eigenvalue weighted by molar-refractivity contribution is 1.24. The van der Waals surface area contributed by atoms with Gasteiger partial charge in [-0.2, -0.15) is 0 Å². The zero-order valence-corrected chi connectivity index (χ0v) is 10.3. The van der Waals surface area contributed by atoms with Crippen molar-refractivity contribution in [2.45, 2.75) is 6.42 Å². The molecular weight excluding hydrogens is 262 g/mol. The summed E-state index contributed by atoms with van der Waals surface area (Å²) in [4.78, 5) is 0. The van der Waals surface area contributed by atoms with Crippen LogP contribution in [0.25, 0.3) is 6.08 Å². The van der Waals surface area contributed by atoms with Crippen molar-refractivity contribution in [3.8, 4) is 0 Å². The lowest BCUT2D eigenvalue weighted by Gasteiger charge is -2.01. The largest absolute Gasteiger partial charge is 0.126 e. The Morgan fingerprint density at radius 2 is 1.64 bits per heavy atom. The van der Waals surface area contributed by atoms with Gasteiger partial charge in [0.05, 0.1) is 10.0 Å². The summed E-state index contributed by atoms with van der Waals surface area (Å²) in [5.41, 5.74) is 0.853. The maximum absolute atomic E-state index is 5.95. The molecule has 0 fully saturated rings. The van der Waals surface area contributed by atoms with Gasteiger partial charge in [0.1, 0.15) is 0 Å². The molecule has 76 valence electrons. The van der Waals surface area contributed by atoms with Gasteiger partial charge in [-0.05, 0) is 24.1 Å². The van der Waals surface area contributed by atoms with Gasteiger partial charge in [0, 0.05) is 10.9 Å². The van der Waals surface area contributed by atoms with Gasteiger partial charge in [0.2, 0.25) is 0 Å². The van der Waals surface area contributed by atoms with E-state index < -0.39 is 0 Å². The second kappa shape index (κ2) is 5.87. The molecule has 0 saturated heterocycles. The molecule has 4 heteroatoms. The zero-order chi connectivity index (χ0) is 10.6. The number of rotatable bonds is 3. The Morgan fingerprint density at radius 1 is 1.00 bits per heavy atom. The Bertz CT molecular complexity index is 344. The van der Waals surface area contributed by atoms with Crippen LogP contribution in [0.3, 0.4) is 0 Å². The van der Waals surface area contributed by atoms with E-state index in [1.807, 2.05) is 12.2 Å². The fourth-order valence-corrected chi connectivity index (χ4v) is 1.68. The van der Waals surface area contributed by atoms with Crippen molar-refractivity contribution in [2.75, 3.05) is 5.88 Å². The van der Waals surface area contributed by atoms with Crippen molar-refractivity contribution in [1.29, 1.82) is 0 Å². The highest BCUT2D eigenvalue weighted by molar-refractivity contribution is 6.43. The molecule has 0 aliphatic carbocycles. The maximum Gasteiger partial charge on any atom is 0.0607 e. The van der Waals surface area contributed by atoms with Crippen LogP contribution < -0.4 is 0 Å². The molecule has 0 aliphatic rings. The molecule has 1 rings (SSSR count). The molecule has 0 saturated carbocycles. The molecule has 14 heavy (non-hydrogen) atoms. The number of hydrogen-bond donors (Lipinski definition) is 0. The predicted octanol–water partition coefficient (Wildman–Crippen LogP) is 5.29. The predicted molar refractivity (Wildman–Crippen MR) is 65.8 cm³/mol. The highest BCUT2D eigenvalue weighted by Crippen LogP contribution is 2.29. The number of benzene rings is 1. The SMILES string of the molecule is ClCCC=Cc1cc(Cl)c(Cl)cc1Cl. The Kier molecular flexibility index (Phi) is 5.11. The summed E-state index contributed by atoms with van der Waals surface area (Å²) in [6, 6.07) is 3.36. The van der Waals surface area contributed by atoms with Gasteiger partial charge in [-0.3, -0.25) is 0 Å². The summed E-state index contributed by atoms with van der Waals surface area (Å²) in [7, 11) is 0. The molecule has 0 nitrogen and oxygen atoms in total. The van der Waals surface area contributed by atoms with Crippen molar-refractivity contribution >= 4 is 52.5 Å². The molecule has 0 amide bonds. The molecule has 0 N–H and O–H groups in total. The van der Waals surface area contributed by atoms with Crippen molar-refractivity contribution in [3.05, 3.63) is 38.8 Å².